The van der Waals surface area contributed by atoms with E-state index in [0.717, 1.165) is 10.6 Å². The quantitative estimate of drug-likeness (QED) is 0.877. The lowest BCUT2D eigenvalue weighted by Crippen LogP contribution is -2.05. The molecule has 0 radical (unpaired) electrons. The molecule has 82 valence electrons. The van der Waals surface area contributed by atoms with Crippen LogP contribution >= 0.6 is 22.7 Å². The summed E-state index contributed by atoms with van der Waals surface area (Å²) in [6, 6.07) is 6.00. The molecular formula is C12H11NOS2. The van der Waals surface area contributed by atoms with Crippen molar-refractivity contribution in [3.05, 3.63) is 38.7 Å². The molecule has 1 N–H and O–H groups in total. The summed E-state index contributed by atoms with van der Waals surface area (Å²) >= 11 is 3.31. The zero-order valence-electron chi connectivity index (χ0n) is 8.77. The summed E-state index contributed by atoms with van der Waals surface area (Å²) in [5, 5.41) is 6.82. The second kappa shape index (κ2) is 5.09. The van der Waals surface area contributed by atoms with Crippen LogP contribution in [0.2, 0.25) is 0 Å². The van der Waals surface area contributed by atoms with Crippen molar-refractivity contribution in [3.8, 4) is 0 Å². The minimum absolute atomic E-state index is 0.0378. The monoisotopic (exact) mass is 249 g/mol. The first-order valence-electron chi connectivity index (χ1n) is 4.82. The maximum atomic E-state index is 11.0. The maximum Gasteiger partial charge on any atom is 0.221 e. The smallest absolute Gasteiger partial charge is 0.221 e. The molecule has 0 aliphatic rings. The molecule has 2 nitrogen and oxygen atoms in total. The van der Waals surface area contributed by atoms with Crippen LogP contribution in [0.15, 0.2) is 29.0 Å². The summed E-state index contributed by atoms with van der Waals surface area (Å²) in [6.07, 6.45) is 4.09. The molecular weight excluding hydrogens is 238 g/mol. The van der Waals surface area contributed by atoms with Crippen LogP contribution in [-0.2, 0) is 4.79 Å². The van der Waals surface area contributed by atoms with Gasteiger partial charge in [0, 0.05) is 11.8 Å². The van der Waals surface area contributed by atoms with E-state index in [0.29, 0.717) is 0 Å². The largest absolute Gasteiger partial charge is 0.325 e. The molecule has 0 saturated heterocycles. The van der Waals surface area contributed by atoms with Gasteiger partial charge in [0.05, 0.1) is 10.6 Å². The van der Waals surface area contributed by atoms with E-state index in [1.807, 2.05) is 29.0 Å². The van der Waals surface area contributed by atoms with Gasteiger partial charge in [-0.25, -0.2) is 0 Å². The van der Waals surface area contributed by atoms with Gasteiger partial charge in [0.25, 0.3) is 0 Å². The predicted molar refractivity (Wildman–Crippen MR) is 71.9 cm³/mol. The average molecular weight is 249 g/mol. The molecule has 2 aromatic rings. The van der Waals surface area contributed by atoms with Crippen molar-refractivity contribution in [2.45, 2.75) is 6.92 Å². The van der Waals surface area contributed by atoms with Crippen LogP contribution in [0.25, 0.3) is 12.2 Å². The topological polar surface area (TPSA) is 29.1 Å². The fourth-order valence-corrected chi connectivity index (χ4v) is 2.65. The van der Waals surface area contributed by atoms with Gasteiger partial charge in [0.2, 0.25) is 5.91 Å². The van der Waals surface area contributed by atoms with Gasteiger partial charge in [0.15, 0.2) is 0 Å². The van der Waals surface area contributed by atoms with Gasteiger partial charge in [-0.05, 0) is 35.0 Å². The number of anilines is 1. The average Bonchev–Trinajstić information content (AvgIpc) is 2.84. The highest BCUT2D eigenvalue weighted by Gasteiger charge is 2.02. The summed E-state index contributed by atoms with van der Waals surface area (Å²) < 4.78 is 0. The zero-order chi connectivity index (χ0) is 11.4. The van der Waals surface area contributed by atoms with Crippen molar-refractivity contribution in [3.63, 3.8) is 0 Å². The highest BCUT2D eigenvalue weighted by molar-refractivity contribution is 7.12. The van der Waals surface area contributed by atoms with Crippen molar-refractivity contribution < 1.29 is 4.79 Å². The first-order valence-corrected chi connectivity index (χ1v) is 6.58. The molecule has 16 heavy (non-hydrogen) atoms. The number of thiophene rings is 2. The summed E-state index contributed by atoms with van der Waals surface area (Å²) in [5.41, 5.74) is 0.880. The molecule has 0 unspecified atom stereocenters. The molecule has 0 bridgehead atoms. The highest BCUT2D eigenvalue weighted by atomic mass is 32.1. The van der Waals surface area contributed by atoms with E-state index in [-0.39, 0.29) is 5.91 Å². The van der Waals surface area contributed by atoms with E-state index >= 15 is 0 Å². The van der Waals surface area contributed by atoms with Crippen LogP contribution in [0.3, 0.4) is 0 Å². The third-order valence-electron chi connectivity index (χ3n) is 1.95. The summed E-state index contributed by atoms with van der Waals surface area (Å²) in [6.45, 7) is 1.52. The Morgan fingerprint density at radius 1 is 1.25 bits per heavy atom. The van der Waals surface area contributed by atoms with E-state index in [1.54, 1.807) is 22.7 Å². The van der Waals surface area contributed by atoms with Crippen LogP contribution in [0.5, 0.6) is 0 Å². The molecule has 2 aromatic heterocycles. The molecule has 2 rings (SSSR count). The molecule has 0 atom stereocenters. The third-order valence-corrected chi connectivity index (χ3v) is 3.67. The van der Waals surface area contributed by atoms with E-state index < -0.39 is 0 Å². The van der Waals surface area contributed by atoms with Gasteiger partial charge in [-0.2, -0.15) is 0 Å². The lowest BCUT2D eigenvalue weighted by Gasteiger charge is -1.99. The molecule has 4 heteroatoms. The Morgan fingerprint density at radius 3 is 2.81 bits per heavy atom. The Morgan fingerprint density at radius 2 is 2.12 bits per heavy atom. The van der Waals surface area contributed by atoms with E-state index in [2.05, 4.69) is 17.5 Å². The Bertz CT molecular complexity index is 497. The van der Waals surface area contributed by atoms with Crippen molar-refractivity contribution in [1.29, 1.82) is 0 Å². The highest BCUT2D eigenvalue weighted by Crippen LogP contribution is 2.25. The van der Waals surface area contributed by atoms with Crippen LogP contribution in [0.1, 0.15) is 16.7 Å². The second-order valence-corrected chi connectivity index (χ2v) is 5.16. The van der Waals surface area contributed by atoms with Crippen LogP contribution in [-0.4, -0.2) is 5.91 Å². The number of carbonyl (C=O) groups is 1. The van der Waals surface area contributed by atoms with Crippen LogP contribution < -0.4 is 5.32 Å². The zero-order valence-corrected chi connectivity index (χ0v) is 10.4. The van der Waals surface area contributed by atoms with Gasteiger partial charge in [-0.1, -0.05) is 6.07 Å². The number of carbonyl (C=O) groups excluding carboxylic acids is 1. The fraction of sp³-hybridized carbons (Fsp3) is 0.0833. The molecule has 2 heterocycles. The van der Waals surface area contributed by atoms with Crippen molar-refractivity contribution in [1.82, 2.24) is 0 Å². The molecule has 0 aliphatic carbocycles. The first kappa shape index (κ1) is 11.1. The van der Waals surface area contributed by atoms with E-state index in [1.165, 1.54) is 11.8 Å². The lowest BCUT2D eigenvalue weighted by molar-refractivity contribution is -0.114. The molecule has 0 fully saturated rings. The first-order chi connectivity index (χ1) is 7.75. The fourth-order valence-electron chi connectivity index (χ4n) is 1.29. The van der Waals surface area contributed by atoms with Crippen LogP contribution in [0.4, 0.5) is 5.69 Å². The second-order valence-electron chi connectivity index (χ2n) is 3.23. The SMILES string of the molecule is CC(=O)Nc1ccsc1/C=C/c1cccs1. The van der Waals surface area contributed by atoms with E-state index in [4.69, 9.17) is 0 Å². The summed E-state index contributed by atoms with van der Waals surface area (Å²) in [4.78, 5) is 13.3. The molecule has 1 amide bonds. The number of amides is 1. The Kier molecular flexibility index (Phi) is 3.54. The normalized spacial score (nSPS) is 10.8. The predicted octanol–water partition coefficient (Wildman–Crippen LogP) is 3.94. The molecule has 0 aliphatic heterocycles. The van der Waals surface area contributed by atoms with Crippen molar-refractivity contribution in [2.75, 3.05) is 5.32 Å². The summed E-state index contributed by atoms with van der Waals surface area (Å²) in [7, 11) is 0. The van der Waals surface area contributed by atoms with Gasteiger partial charge < -0.3 is 5.32 Å². The number of hydrogen-bond acceptors (Lipinski definition) is 3. The lowest BCUT2D eigenvalue weighted by atomic mass is 10.3. The van der Waals surface area contributed by atoms with Crippen molar-refractivity contribution >= 4 is 46.4 Å². The van der Waals surface area contributed by atoms with E-state index in [9.17, 15) is 4.79 Å². The Labute approximate surface area is 102 Å². The summed E-state index contributed by atoms with van der Waals surface area (Å²) in [5.74, 6) is -0.0378. The standard InChI is InChI=1S/C12H11NOS2/c1-9(14)13-11-6-8-16-12(11)5-4-10-3-2-7-15-10/h2-8H,1H3,(H,13,14)/b5-4+. The Hall–Kier alpha value is -1.39. The minimum atomic E-state index is -0.0378. The molecule has 0 spiro atoms. The number of rotatable bonds is 3. The van der Waals surface area contributed by atoms with Gasteiger partial charge in [-0.3, -0.25) is 4.79 Å². The third kappa shape index (κ3) is 2.81. The van der Waals surface area contributed by atoms with Crippen molar-refractivity contribution in [2.24, 2.45) is 0 Å². The molecule has 0 aromatic carbocycles. The van der Waals surface area contributed by atoms with Crippen LogP contribution in [0, 0.1) is 0 Å². The number of hydrogen-bond donors (Lipinski definition) is 1. The van der Waals surface area contributed by atoms with Gasteiger partial charge in [-0.15, -0.1) is 22.7 Å². The van der Waals surface area contributed by atoms with Gasteiger partial charge >= 0.3 is 0 Å². The minimum Gasteiger partial charge on any atom is -0.325 e. The van der Waals surface area contributed by atoms with Gasteiger partial charge in [0.1, 0.15) is 0 Å². The number of nitrogens with one attached hydrogen (secondary N) is 1. The maximum absolute atomic E-state index is 11.0. The molecule has 0 saturated carbocycles. The Balaban J connectivity index is 2.15.